The third-order valence-electron chi connectivity index (χ3n) is 4.23. The quantitative estimate of drug-likeness (QED) is 0.455. The minimum atomic E-state index is 0. The number of rotatable bonds is 4. The van der Waals surface area contributed by atoms with Crippen LogP contribution in [0.25, 0.3) is 22.8 Å². The second kappa shape index (κ2) is 8.51. The molecular formula is C22H18BrClN2O. The minimum absolute atomic E-state index is 0. The van der Waals surface area contributed by atoms with Gasteiger partial charge in [-0.05, 0) is 25.1 Å². The first-order chi connectivity index (χ1) is 12.7. The predicted molar refractivity (Wildman–Crippen MR) is 103 cm³/mol. The van der Waals surface area contributed by atoms with Gasteiger partial charge in [0, 0.05) is 22.2 Å². The monoisotopic (exact) mass is 440 g/mol. The number of pyridine rings is 1. The van der Waals surface area contributed by atoms with Gasteiger partial charge in [-0.25, -0.2) is 4.98 Å². The van der Waals surface area contributed by atoms with Crippen molar-refractivity contribution in [2.75, 3.05) is 0 Å². The lowest BCUT2D eigenvalue weighted by molar-refractivity contribution is -0.687. The van der Waals surface area contributed by atoms with Crippen molar-refractivity contribution in [3.63, 3.8) is 0 Å². The third kappa shape index (κ3) is 4.65. The van der Waals surface area contributed by atoms with E-state index in [9.17, 15) is 0 Å². The van der Waals surface area contributed by atoms with Crippen LogP contribution in [0.1, 0.15) is 11.1 Å². The van der Waals surface area contributed by atoms with Crippen LogP contribution in [0.5, 0.6) is 0 Å². The number of hydrogen-bond acceptors (Lipinski definition) is 2. The van der Waals surface area contributed by atoms with Crippen molar-refractivity contribution >= 4 is 11.6 Å². The van der Waals surface area contributed by atoms with E-state index in [0.29, 0.717) is 5.89 Å². The van der Waals surface area contributed by atoms with Crippen LogP contribution in [0, 0.1) is 6.92 Å². The molecule has 4 aromatic rings. The summed E-state index contributed by atoms with van der Waals surface area (Å²) in [5.74, 6) is 1.39. The van der Waals surface area contributed by atoms with Gasteiger partial charge >= 0.3 is 0 Å². The van der Waals surface area contributed by atoms with Gasteiger partial charge in [0.05, 0.1) is 6.20 Å². The Labute approximate surface area is 174 Å². The van der Waals surface area contributed by atoms with Gasteiger partial charge in [0.15, 0.2) is 24.7 Å². The molecule has 2 aromatic carbocycles. The van der Waals surface area contributed by atoms with Crippen molar-refractivity contribution in [1.82, 2.24) is 4.98 Å². The molecule has 0 bridgehead atoms. The number of aromatic nitrogens is 2. The van der Waals surface area contributed by atoms with Crippen molar-refractivity contribution in [1.29, 1.82) is 0 Å². The van der Waals surface area contributed by atoms with Crippen LogP contribution in [0.4, 0.5) is 0 Å². The molecule has 0 spiro atoms. The summed E-state index contributed by atoms with van der Waals surface area (Å²) in [6.07, 6.45) is 5.85. The Hall–Kier alpha value is -2.43. The predicted octanol–water partition coefficient (Wildman–Crippen LogP) is 2.31. The van der Waals surface area contributed by atoms with Gasteiger partial charge in [0.1, 0.15) is 5.56 Å². The number of halogens is 2. The van der Waals surface area contributed by atoms with E-state index in [1.165, 1.54) is 11.1 Å². The Morgan fingerprint density at radius 2 is 1.70 bits per heavy atom. The maximum Gasteiger partial charge on any atom is 0.232 e. The number of nitrogens with zero attached hydrogens (tertiary/aromatic N) is 2. The van der Waals surface area contributed by atoms with Crippen molar-refractivity contribution in [3.05, 3.63) is 95.4 Å². The second-order valence-electron chi connectivity index (χ2n) is 6.29. The molecule has 0 atom stereocenters. The van der Waals surface area contributed by atoms with Crippen molar-refractivity contribution in [2.24, 2.45) is 0 Å². The zero-order valence-corrected chi connectivity index (χ0v) is 17.1. The van der Waals surface area contributed by atoms with Crippen molar-refractivity contribution in [3.8, 4) is 22.8 Å². The SMILES string of the molecule is Cc1ccc(-c2cnc(-c3ccc[n+](Cc4ccc(Cl)cc4)c3)o2)cc1.[Br-]. The lowest BCUT2D eigenvalue weighted by Gasteiger charge is -2.00. The van der Waals surface area contributed by atoms with E-state index in [1.54, 1.807) is 6.20 Å². The van der Waals surface area contributed by atoms with E-state index in [4.69, 9.17) is 16.0 Å². The van der Waals surface area contributed by atoms with E-state index in [0.717, 1.165) is 28.5 Å². The van der Waals surface area contributed by atoms with Gasteiger partial charge in [-0.15, -0.1) is 0 Å². The largest absolute Gasteiger partial charge is 1.00 e. The standard InChI is InChI=1S/C22H18ClN2O.BrH/c1-16-4-8-18(9-5-16)21-13-24-22(26-21)19-3-2-12-25(15-19)14-17-6-10-20(23)11-7-17;/h2-13,15H,14H2,1H3;1H/q+1;/p-1. The van der Waals surface area contributed by atoms with Crippen molar-refractivity contribution in [2.45, 2.75) is 13.5 Å². The highest BCUT2D eigenvalue weighted by atomic mass is 79.9. The average Bonchev–Trinajstić information content (AvgIpc) is 3.15. The molecule has 0 unspecified atom stereocenters. The molecule has 0 saturated carbocycles. The van der Waals surface area contributed by atoms with Gasteiger partial charge < -0.3 is 21.4 Å². The smallest absolute Gasteiger partial charge is 0.232 e. The van der Waals surface area contributed by atoms with E-state index < -0.39 is 0 Å². The zero-order chi connectivity index (χ0) is 17.9. The number of hydrogen-bond donors (Lipinski definition) is 0. The molecular weight excluding hydrogens is 424 g/mol. The van der Waals surface area contributed by atoms with Gasteiger partial charge in [0.2, 0.25) is 5.89 Å². The fraction of sp³-hybridized carbons (Fsp3) is 0.0909. The first-order valence-corrected chi connectivity index (χ1v) is 8.82. The summed E-state index contributed by atoms with van der Waals surface area (Å²) < 4.78 is 8.08. The fourth-order valence-electron chi connectivity index (χ4n) is 2.81. The summed E-state index contributed by atoms with van der Waals surface area (Å²) in [5.41, 5.74) is 4.38. The Kier molecular flexibility index (Phi) is 6.09. The lowest BCUT2D eigenvalue weighted by atomic mass is 10.1. The van der Waals surface area contributed by atoms with Gasteiger partial charge in [0.25, 0.3) is 0 Å². The van der Waals surface area contributed by atoms with Gasteiger partial charge in [-0.3, -0.25) is 0 Å². The van der Waals surface area contributed by atoms with Crippen LogP contribution in [0.3, 0.4) is 0 Å². The third-order valence-corrected chi connectivity index (χ3v) is 4.48. The summed E-state index contributed by atoms with van der Waals surface area (Å²) in [7, 11) is 0. The molecule has 2 aromatic heterocycles. The molecule has 0 N–H and O–H groups in total. The molecule has 0 aliphatic carbocycles. The van der Waals surface area contributed by atoms with Crippen LogP contribution in [0.15, 0.2) is 83.7 Å². The molecule has 4 rings (SSSR count). The minimum Gasteiger partial charge on any atom is -1.00 e. The fourth-order valence-corrected chi connectivity index (χ4v) is 2.93. The molecule has 0 aliphatic rings. The maximum absolute atomic E-state index is 5.97. The first kappa shape index (κ1) is 19.3. The lowest BCUT2D eigenvalue weighted by Crippen LogP contribution is -3.00. The van der Waals surface area contributed by atoms with E-state index in [-0.39, 0.29) is 17.0 Å². The molecule has 5 heteroatoms. The molecule has 27 heavy (non-hydrogen) atoms. The van der Waals surface area contributed by atoms with Crippen LogP contribution >= 0.6 is 11.6 Å². The second-order valence-corrected chi connectivity index (χ2v) is 6.72. The summed E-state index contributed by atoms with van der Waals surface area (Å²) >= 11 is 5.95. The van der Waals surface area contributed by atoms with Crippen molar-refractivity contribution < 1.29 is 26.0 Å². The molecule has 2 heterocycles. The molecule has 0 radical (unpaired) electrons. The van der Waals surface area contributed by atoms with E-state index >= 15 is 0 Å². The highest BCUT2D eigenvalue weighted by molar-refractivity contribution is 6.30. The molecule has 0 aliphatic heterocycles. The Morgan fingerprint density at radius 3 is 2.44 bits per heavy atom. The van der Waals surface area contributed by atoms with Crippen LogP contribution < -0.4 is 21.5 Å². The maximum atomic E-state index is 5.97. The highest BCUT2D eigenvalue weighted by Gasteiger charge is 2.12. The molecule has 0 saturated heterocycles. The summed E-state index contributed by atoms with van der Waals surface area (Å²) in [5, 5.41) is 0.746. The van der Waals surface area contributed by atoms with Crippen LogP contribution in [0.2, 0.25) is 5.02 Å². The molecule has 0 amide bonds. The summed E-state index contributed by atoms with van der Waals surface area (Å²) in [6.45, 7) is 2.83. The van der Waals surface area contributed by atoms with E-state index in [2.05, 4.69) is 28.6 Å². The number of oxazole rings is 1. The van der Waals surface area contributed by atoms with Gasteiger partial charge in [-0.2, -0.15) is 4.57 Å². The first-order valence-electron chi connectivity index (χ1n) is 8.44. The number of benzene rings is 2. The highest BCUT2D eigenvalue weighted by Crippen LogP contribution is 2.25. The average molecular weight is 442 g/mol. The molecule has 0 fully saturated rings. The number of aryl methyl sites for hydroxylation is 1. The Bertz CT molecular complexity index is 1030. The molecule has 136 valence electrons. The summed E-state index contributed by atoms with van der Waals surface area (Å²) in [6, 6.07) is 20.1. The normalized spacial score (nSPS) is 10.4. The van der Waals surface area contributed by atoms with Crippen LogP contribution in [-0.2, 0) is 6.54 Å². The molecule has 3 nitrogen and oxygen atoms in total. The van der Waals surface area contributed by atoms with Gasteiger partial charge in [-0.1, -0.05) is 53.6 Å². The Balaban J connectivity index is 0.00000210. The summed E-state index contributed by atoms with van der Waals surface area (Å²) in [4.78, 5) is 4.45. The van der Waals surface area contributed by atoms with E-state index in [1.807, 2.05) is 60.9 Å². The Morgan fingerprint density at radius 1 is 0.963 bits per heavy atom. The zero-order valence-electron chi connectivity index (χ0n) is 14.8. The van der Waals surface area contributed by atoms with Crippen LogP contribution in [-0.4, -0.2) is 4.98 Å². The topological polar surface area (TPSA) is 29.9 Å².